The summed E-state index contributed by atoms with van der Waals surface area (Å²) in [5, 5.41) is 4.29. The highest BCUT2D eigenvalue weighted by Gasteiger charge is 1.96. The van der Waals surface area contributed by atoms with Crippen molar-refractivity contribution < 1.29 is 0 Å². The number of nitrogens with zero attached hydrogens (tertiary/aromatic N) is 2. The van der Waals surface area contributed by atoms with E-state index in [1.807, 2.05) is 6.07 Å². The van der Waals surface area contributed by atoms with Gasteiger partial charge in [0.1, 0.15) is 0 Å². The van der Waals surface area contributed by atoms with E-state index >= 15 is 0 Å². The Morgan fingerprint density at radius 2 is 1.84 bits per heavy atom. The van der Waals surface area contributed by atoms with Crippen molar-refractivity contribution in [1.29, 1.82) is 0 Å². The molecule has 0 bridgehead atoms. The number of benzene rings is 1. The predicted molar refractivity (Wildman–Crippen MR) is 83.2 cm³/mol. The summed E-state index contributed by atoms with van der Waals surface area (Å²) >= 11 is 5.14. The molecule has 2 rings (SSSR count). The average Bonchev–Trinajstić information content (AvgIpc) is 2.46. The van der Waals surface area contributed by atoms with E-state index in [2.05, 4.69) is 55.5 Å². The molecule has 3 nitrogen and oxygen atoms in total. The Morgan fingerprint density at radius 1 is 1.11 bits per heavy atom. The molecule has 0 saturated heterocycles. The molecule has 0 aliphatic carbocycles. The van der Waals surface area contributed by atoms with E-state index < -0.39 is 0 Å². The molecule has 0 aliphatic heterocycles. The fourth-order valence-electron chi connectivity index (χ4n) is 1.56. The van der Waals surface area contributed by atoms with Crippen LogP contribution in [0.5, 0.6) is 0 Å². The topological polar surface area (TPSA) is 37.8 Å². The Kier molecular flexibility index (Phi) is 6.33. The molecule has 100 valence electrons. The molecule has 5 heteroatoms. The molecule has 0 spiro atoms. The van der Waals surface area contributed by atoms with Gasteiger partial charge < -0.3 is 5.32 Å². The third kappa shape index (κ3) is 5.72. The predicted octanol–water partition coefficient (Wildman–Crippen LogP) is 3.51. The van der Waals surface area contributed by atoms with Crippen molar-refractivity contribution in [2.75, 3.05) is 12.3 Å². The summed E-state index contributed by atoms with van der Waals surface area (Å²) in [6, 6.07) is 10.2. The van der Waals surface area contributed by atoms with Crippen molar-refractivity contribution in [3.63, 3.8) is 0 Å². The SMILES string of the molecule is Brc1ccc(CNCCCSc2ncccn2)cc1. The standard InChI is InChI=1S/C14H16BrN3S/c15-13-5-3-12(4-6-13)11-16-7-2-10-19-14-17-8-1-9-18-14/h1,3-6,8-9,16H,2,7,10-11H2. The highest BCUT2D eigenvalue weighted by atomic mass is 79.9. The number of hydrogen-bond acceptors (Lipinski definition) is 4. The van der Waals surface area contributed by atoms with E-state index in [9.17, 15) is 0 Å². The summed E-state index contributed by atoms with van der Waals surface area (Å²) in [5.41, 5.74) is 1.31. The summed E-state index contributed by atoms with van der Waals surface area (Å²) in [6.45, 7) is 1.93. The van der Waals surface area contributed by atoms with Gasteiger partial charge in [-0.05, 0) is 36.7 Å². The number of thioether (sulfide) groups is 1. The molecule has 1 heterocycles. The summed E-state index contributed by atoms with van der Waals surface area (Å²) in [4.78, 5) is 8.36. The highest BCUT2D eigenvalue weighted by Crippen LogP contribution is 2.12. The largest absolute Gasteiger partial charge is 0.313 e. The van der Waals surface area contributed by atoms with Crippen LogP contribution in [0.2, 0.25) is 0 Å². The van der Waals surface area contributed by atoms with Crippen LogP contribution in [0.25, 0.3) is 0 Å². The maximum atomic E-state index is 4.18. The lowest BCUT2D eigenvalue weighted by Gasteiger charge is -2.04. The van der Waals surface area contributed by atoms with Gasteiger partial charge in [0, 0.05) is 29.2 Å². The molecule has 0 aliphatic rings. The molecule has 2 aromatic rings. The lowest BCUT2D eigenvalue weighted by Crippen LogP contribution is -2.15. The number of aromatic nitrogens is 2. The third-order valence-electron chi connectivity index (χ3n) is 2.51. The maximum absolute atomic E-state index is 4.18. The lowest BCUT2D eigenvalue weighted by atomic mass is 10.2. The second kappa shape index (κ2) is 8.30. The minimum atomic E-state index is 0.857. The van der Waals surface area contributed by atoms with Gasteiger partial charge in [0.25, 0.3) is 0 Å². The Hall–Kier alpha value is -0.910. The van der Waals surface area contributed by atoms with Crippen molar-refractivity contribution >= 4 is 27.7 Å². The van der Waals surface area contributed by atoms with Gasteiger partial charge in [-0.3, -0.25) is 0 Å². The first-order valence-corrected chi connectivity index (χ1v) is 7.97. The van der Waals surface area contributed by atoms with Crippen molar-refractivity contribution in [2.45, 2.75) is 18.1 Å². The van der Waals surface area contributed by atoms with E-state index in [4.69, 9.17) is 0 Å². The normalized spacial score (nSPS) is 10.6. The van der Waals surface area contributed by atoms with Crippen LogP contribution >= 0.6 is 27.7 Å². The summed E-state index contributed by atoms with van der Waals surface area (Å²) in [6.07, 6.45) is 4.67. The van der Waals surface area contributed by atoms with Gasteiger partial charge in [0.05, 0.1) is 0 Å². The fraction of sp³-hybridized carbons (Fsp3) is 0.286. The van der Waals surface area contributed by atoms with E-state index in [-0.39, 0.29) is 0 Å². The molecule has 0 atom stereocenters. The first-order valence-electron chi connectivity index (χ1n) is 6.19. The van der Waals surface area contributed by atoms with Crippen LogP contribution in [-0.4, -0.2) is 22.3 Å². The number of rotatable bonds is 7. The number of nitrogens with one attached hydrogen (secondary N) is 1. The Balaban J connectivity index is 1.56. The second-order valence-corrected chi connectivity index (χ2v) is 6.01. The van der Waals surface area contributed by atoms with Crippen LogP contribution in [-0.2, 0) is 6.54 Å². The first kappa shape index (κ1) is 14.5. The molecule has 1 aromatic heterocycles. The van der Waals surface area contributed by atoms with Crippen molar-refractivity contribution in [2.24, 2.45) is 0 Å². The highest BCUT2D eigenvalue weighted by molar-refractivity contribution is 9.10. The van der Waals surface area contributed by atoms with Crippen LogP contribution in [0.15, 0.2) is 52.4 Å². The number of hydrogen-bond donors (Lipinski definition) is 1. The van der Waals surface area contributed by atoms with Crippen LogP contribution in [0, 0.1) is 0 Å². The molecule has 0 unspecified atom stereocenters. The lowest BCUT2D eigenvalue weighted by molar-refractivity contribution is 0.678. The smallest absolute Gasteiger partial charge is 0.187 e. The fourth-order valence-corrected chi connectivity index (χ4v) is 2.56. The molecule has 0 amide bonds. The van der Waals surface area contributed by atoms with Crippen LogP contribution in [0.4, 0.5) is 0 Å². The van der Waals surface area contributed by atoms with Crippen molar-refractivity contribution in [1.82, 2.24) is 15.3 Å². The summed E-state index contributed by atoms with van der Waals surface area (Å²) in [5.74, 6) is 1.04. The molecule has 0 saturated carbocycles. The monoisotopic (exact) mass is 337 g/mol. The molecule has 0 fully saturated rings. The van der Waals surface area contributed by atoms with Crippen molar-refractivity contribution in [3.05, 3.63) is 52.8 Å². The molecular formula is C14H16BrN3S. The minimum Gasteiger partial charge on any atom is -0.313 e. The zero-order valence-electron chi connectivity index (χ0n) is 10.6. The molecule has 1 aromatic carbocycles. The van der Waals surface area contributed by atoms with Gasteiger partial charge in [0.15, 0.2) is 5.16 Å². The van der Waals surface area contributed by atoms with E-state index in [1.165, 1.54) is 5.56 Å². The molecule has 0 radical (unpaired) electrons. The van der Waals surface area contributed by atoms with Gasteiger partial charge >= 0.3 is 0 Å². The van der Waals surface area contributed by atoms with Crippen molar-refractivity contribution in [3.8, 4) is 0 Å². The molecule has 1 N–H and O–H groups in total. The van der Waals surface area contributed by atoms with Crippen LogP contribution < -0.4 is 5.32 Å². The van der Waals surface area contributed by atoms with Gasteiger partial charge in [-0.2, -0.15) is 0 Å². The van der Waals surface area contributed by atoms with Gasteiger partial charge in [-0.1, -0.05) is 39.8 Å². The molecule has 19 heavy (non-hydrogen) atoms. The van der Waals surface area contributed by atoms with E-state index in [1.54, 1.807) is 24.2 Å². The summed E-state index contributed by atoms with van der Waals surface area (Å²) in [7, 11) is 0. The zero-order valence-corrected chi connectivity index (χ0v) is 13.0. The quantitative estimate of drug-likeness (QED) is 0.476. The van der Waals surface area contributed by atoms with Gasteiger partial charge in [-0.25, -0.2) is 9.97 Å². The number of halogens is 1. The van der Waals surface area contributed by atoms with E-state index in [0.717, 1.165) is 34.9 Å². The van der Waals surface area contributed by atoms with E-state index in [0.29, 0.717) is 0 Å². The van der Waals surface area contributed by atoms with Crippen LogP contribution in [0.3, 0.4) is 0 Å². The second-order valence-electron chi connectivity index (χ2n) is 4.04. The average molecular weight is 338 g/mol. The van der Waals surface area contributed by atoms with Gasteiger partial charge in [0.2, 0.25) is 0 Å². The van der Waals surface area contributed by atoms with Crippen LogP contribution in [0.1, 0.15) is 12.0 Å². The van der Waals surface area contributed by atoms with Gasteiger partial charge in [-0.15, -0.1) is 0 Å². The Labute approximate surface area is 126 Å². The first-order chi connectivity index (χ1) is 9.34. The zero-order chi connectivity index (χ0) is 13.3. The molecular weight excluding hydrogens is 322 g/mol. The Bertz CT molecular complexity index is 476. The maximum Gasteiger partial charge on any atom is 0.187 e. The minimum absolute atomic E-state index is 0.857. The Morgan fingerprint density at radius 3 is 2.58 bits per heavy atom. The third-order valence-corrected chi connectivity index (χ3v) is 4.00. The summed E-state index contributed by atoms with van der Waals surface area (Å²) < 4.78 is 1.12.